The Morgan fingerprint density at radius 3 is 2.55 bits per heavy atom. The lowest BCUT2D eigenvalue weighted by Crippen LogP contribution is -2.31. The quantitative estimate of drug-likeness (QED) is 0.109. The largest absolute Gasteiger partial charge is 0.481 e. The van der Waals surface area contributed by atoms with E-state index in [2.05, 4.69) is 11.4 Å². The number of aliphatic hydroxyl groups excluding tert-OH is 1. The van der Waals surface area contributed by atoms with Gasteiger partial charge in [-0.3, -0.25) is 9.59 Å². The number of hydrogen-bond donors (Lipinski definition) is 3. The van der Waals surface area contributed by atoms with E-state index >= 15 is 0 Å². The van der Waals surface area contributed by atoms with Crippen molar-refractivity contribution in [2.24, 2.45) is 0 Å². The Balaban J connectivity index is 1.26. The van der Waals surface area contributed by atoms with Crippen LogP contribution >= 0.6 is 23.1 Å². The van der Waals surface area contributed by atoms with Crippen LogP contribution in [0.2, 0.25) is 0 Å². The molecule has 42 heavy (non-hydrogen) atoms. The van der Waals surface area contributed by atoms with Crippen molar-refractivity contribution in [3.8, 4) is 0 Å². The summed E-state index contributed by atoms with van der Waals surface area (Å²) < 4.78 is 15.1. The van der Waals surface area contributed by atoms with Crippen LogP contribution in [0.3, 0.4) is 0 Å². The zero-order chi connectivity index (χ0) is 29.3. The highest BCUT2D eigenvalue weighted by molar-refractivity contribution is 8.01. The van der Waals surface area contributed by atoms with E-state index in [-0.39, 0.29) is 31.1 Å². The summed E-state index contributed by atoms with van der Waals surface area (Å²) in [4.78, 5) is 27.9. The molecule has 0 radical (unpaired) electrons. The Morgan fingerprint density at radius 2 is 1.76 bits per heavy atom. The molecule has 1 aliphatic rings. The van der Waals surface area contributed by atoms with Crippen LogP contribution in [0.4, 0.5) is 5.69 Å². The molecule has 8 nitrogen and oxygen atoms in total. The van der Waals surface area contributed by atoms with Gasteiger partial charge in [-0.25, -0.2) is 4.98 Å². The molecule has 4 aromatic rings. The predicted octanol–water partition coefficient (Wildman–Crippen LogP) is 7.10. The zero-order valence-corrected chi connectivity index (χ0v) is 24.7. The number of carboxylic acid groups (broad SMARTS) is 1. The number of aromatic nitrogens is 1. The molecular weight excluding hydrogens is 572 g/mol. The van der Waals surface area contributed by atoms with Gasteiger partial charge in [-0.15, -0.1) is 11.3 Å². The maximum absolute atomic E-state index is 12.5. The minimum absolute atomic E-state index is 0.0141. The van der Waals surface area contributed by atoms with Crippen LogP contribution in [-0.4, -0.2) is 38.9 Å². The summed E-state index contributed by atoms with van der Waals surface area (Å²) in [5.74, 6) is -0.214. The van der Waals surface area contributed by atoms with E-state index in [0.717, 1.165) is 31.2 Å². The molecule has 0 aliphatic carbocycles. The van der Waals surface area contributed by atoms with Gasteiger partial charge in [0.1, 0.15) is 0 Å². The summed E-state index contributed by atoms with van der Waals surface area (Å²) in [5, 5.41) is 21.2. The van der Waals surface area contributed by atoms with Gasteiger partial charge in [-0.1, -0.05) is 66.7 Å². The van der Waals surface area contributed by atoms with Gasteiger partial charge >= 0.3 is 5.97 Å². The van der Waals surface area contributed by atoms with E-state index < -0.39 is 12.3 Å². The summed E-state index contributed by atoms with van der Waals surface area (Å²) in [6, 6.07) is 23.4. The normalized spacial score (nSPS) is 18.6. The van der Waals surface area contributed by atoms with Crippen LogP contribution in [0.25, 0.3) is 10.2 Å². The van der Waals surface area contributed by atoms with Crippen LogP contribution in [0, 0.1) is 0 Å². The molecule has 3 atom stereocenters. The van der Waals surface area contributed by atoms with E-state index in [1.807, 2.05) is 66.7 Å². The van der Waals surface area contributed by atoms with Crippen molar-refractivity contribution in [2.75, 3.05) is 11.1 Å². The highest BCUT2D eigenvalue weighted by atomic mass is 32.2. The minimum atomic E-state index is -0.814. The molecule has 0 spiro atoms. The Kier molecular flexibility index (Phi) is 10.6. The third kappa shape index (κ3) is 8.39. The first-order valence-corrected chi connectivity index (χ1v) is 15.9. The van der Waals surface area contributed by atoms with Gasteiger partial charge < -0.3 is 25.0 Å². The Hall–Kier alpha value is -3.28. The van der Waals surface area contributed by atoms with Crippen molar-refractivity contribution in [3.05, 3.63) is 89.5 Å². The van der Waals surface area contributed by atoms with E-state index in [9.17, 15) is 14.7 Å². The number of hydrogen-bond acceptors (Lipinski definition) is 8. The summed E-state index contributed by atoms with van der Waals surface area (Å²) in [6.45, 7) is -0.0141. The number of aliphatic carboxylic acids is 1. The van der Waals surface area contributed by atoms with E-state index in [1.54, 1.807) is 23.1 Å². The summed E-state index contributed by atoms with van der Waals surface area (Å²) in [7, 11) is 0. The average Bonchev–Trinajstić information content (AvgIpc) is 3.43. The monoisotopic (exact) mass is 606 g/mol. The number of para-hydroxylation sites is 1. The van der Waals surface area contributed by atoms with Crippen molar-refractivity contribution in [3.63, 3.8) is 0 Å². The van der Waals surface area contributed by atoms with Crippen LogP contribution in [-0.2, 0) is 25.7 Å². The second-order valence-corrected chi connectivity index (χ2v) is 12.5. The summed E-state index contributed by atoms with van der Waals surface area (Å²) >= 11 is 3.36. The molecule has 1 saturated heterocycles. The van der Waals surface area contributed by atoms with Crippen LogP contribution in [0.5, 0.6) is 0 Å². The number of rotatable bonds is 13. The highest BCUT2D eigenvalue weighted by Crippen LogP contribution is 2.40. The number of thiazole rings is 1. The van der Waals surface area contributed by atoms with Gasteiger partial charge in [0, 0.05) is 36.3 Å². The SMILES string of the molecule is O=C(O)CCCCCC(=O)Nc1cccc([C@@H]2O[C@H](CSc3nc4ccccc4s3)C[C@H](c3ccc(CO)cc3)O2)c1. The zero-order valence-electron chi connectivity index (χ0n) is 23.1. The van der Waals surface area contributed by atoms with Crippen LogP contribution < -0.4 is 5.32 Å². The number of carbonyl (C=O) groups is 2. The number of carbonyl (C=O) groups excluding carboxylic acids is 1. The lowest BCUT2D eigenvalue weighted by molar-refractivity contribution is -0.245. The average molecular weight is 607 g/mol. The fourth-order valence-electron chi connectivity index (χ4n) is 4.82. The first-order chi connectivity index (χ1) is 20.5. The first-order valence-electron chi connectivity index (χ1n) is 14.1. The van der Waals surface area contributed by atoms with Crippen LogP contribution in [0.15, 0.2) is 77.1 Å². The molecule has 5 rings (SSSR count). The van der Waals surface area contributed by atoms with E-state index in [4.69, 9.17) is 19.6 Å². The van der Waals surface area contributed by atoms with Gasteiger partial charge in [0.25, 0.3) is 0 Å². The number of aliphatic hydroxyl groups is 1. The van der Waals surface area contributed by atoms with Crippen LogP contribution in [0.1, 0.15) is 67.6 Å². The molecule has 3 aromatic carbocycles. The van der Waals surface area contributed by atoms with E-state index in [0.29, 0.717) is 43.5 Å². The molecule has 0 saturated carbocycles. The lowest BCUT2D eigenvalue weighted by atomic mass is 10.0. The number of thioether (sulfide) groups is 1. The predicted molar refractivity (Wildman–Crippen MR) is 165 cm³/mol. The number of carboxylic acids is 1. The molecule has 2 heterocycles. The Bertz CT molecular complexity index is 1460. The third-order valence-electron chi connectivity index (χ3n) is 7.02. The van der Waals surface area contributed by atoms with Gasteiger partial charge in [0.2, 0.25) is 5.91 Å². The minimum Gasteiger partial charge on any atom is -0.481 e. The second-order valence-electron chi connectivity index (χ2n) is 10.2. The molecule has 1 fully saturated rings. The molecular formula is C32H34N2O6S2. The first kappa shape index (κ1) is 30.2. The second kappa shape index (κ2) is 14.8. The fourth-order valence-corrected chi connectivity index (χ4v) is 6.94. The topological polar surface area (TPSA) is 118 Å². The number of unbranched alkanes of at least 4 members (excludes halogenated alkanes) is 2. The lowest BCUT2D eigenvalue weighted by Gasteiger charge is -2.36. The molecule has 220 valence electrons. The number of fused-ring (bicyclic) bond motifs is 1. The molecule has 3 N–H and O–H groups in total. The van der Waals surface area contributed by atoms with Crippen molar-refractivity contribution < 1.29 is 29.3 Å². The number of anilines is 1. The molecule has 0 bridgehead atoms. The smallest absolute Gasteiger partial charge is 0.303 e. The number of amides is 1. The maximum Gasteiger partial charge on any atom is 0.303 e. The van der Waals surface area contributed by atoms with Crippen molar-refractivity contribution in [2.45, 2.75) is 68.0 Å². The Morgan fingerprint density at radius 1 is 0.952 bits per heavy atom. The standard InChI is InChI=1S/C32H34N2O6S2/c35-19-21-13-15-22(16-14-21)27-18-25(20-41-32-34-26-9-4-5-10-28(26)42-32)39-31(40-27)23-7-6-8-24(17-23)33-29(36)11-2-1-3-12-30(37)38/h4-10,13-17,25,27,31,35H,1-3,11-12,18-20H2,(H,33,36)(H,37,38)/t25-,27+,31+/m0/s1. The molecule has 1 aromatic heterocycles. The fraction of sp³-hybridized carbons (Fsp3) is 0.344. The van der Waals surface area contributed by atoms with Crippen molar-refractivity contribution >= 4 is 50.9 Å². The highest BCUT2D eigenvalue weighted by Gasteiger charge is 2.32. The number of nitrogens with zero attached hydrogens (tertiary/aromatic N) is 1. The number of benzene rings is 3. The molecule has 0 unspecified atom stereocenters. The third-order valence-corrected chi connectivity index (χ3v) is 9.33. The maximum atomic E-state index is 12.5. The molecule has 1 aliphatic heterocycles. The molecule has 10 heteroatoms. The van der Waals surface area contributed by atoms with Gasteiger partial charge in [0.15, 0.2) is 10.6 Å². The van der Waals surface area contributed by atoms with Crippen molar-refractivity contribution in [1.29, 1.82) is 0 Å². The van der Waals surface area contributed by atoms with Crippen molar-refractivity contribution in [1.82, 2.24) is 4.98 Å². The summed E-state index contributed by atoms with van der Waals surface area (Å²) in [5.41, 5.74) is 4.32. The molecule has 1 amide bonds. The summed E-state index contributed by atoms with van der Waals surface area (Å²) in [6.07, 6.45) is 2.08. The Labute approximate surface area is 253 Å². The number of ether oxygens (including phenoxy) is 2. The van der Waals surface area contributed by atoms with Gasteiger partial charge in [0.05, 0.1) is 29.0 Å². The van der Waals surface area contributed by atoms with E-state index in [1.165, 1.54) is 0 Å². The van der Waals surface area contributed by atoms with Gasteiger partial charge in [-0.2, -0.15) is 0 Å². The van der Waals surface area contributed by atoms with Gasteiger partial charge in [-0.05, 0) is 48.2 Å². The number of nitrogens with one attached hydrogen (secondary N) is 1.